The summed E-state index contributed by atoms with van der Waals surface area (Å²) in [5.74, 6) is 5.83. The third-order valence-corrected chi connectivity index (χ3v) is 2.16. The van der Waals surface area contributed by atoms with Crippen LogP contribution in [0.15, 0.2) is 0 Å². The van der Waals surface area contributed by atoms with E-state index in [9.17, 15) is 0 Å². The molecule has 1 unspecified atom stereocenters. The molecule has 1 saturated heterocycles. The molecule has 2 nitrogen and oxygen atoms in total. The molecule has 0 aliphatic carbocycles. The highest BCUT2D eigenvalue weighted by molar-refractivity contribution is 5.06. The summed E-state index contributed by atoms with van der Waals surface area (Å²) in [5, 5.41) is 9.14. The van der Waals surface area contributed by atoms with Gasteiger partial charge in [-0.25, -0.2) is 0 Å². The van der Waals surface area contributed by atoms with E-state index in [-0.39, 0.29) is 0 Å². The van der Waals surface area contributed by atoms with Crippen LogP contribution < -0.4 is 0 Å². The average molecular weight is 167 g/mol. The smallest absolute Gasteiger partial charge is 0.114 e. The normalized spacial score (nSPS) is 20.2. The van der Waals surface area contributed by atoms with Gasteiger partial charge in [0.15, 0.2) is 0 Å². The van der Waals surface area contributed by atoms with Crippen LogP contribution in [0.25, 0.3) is 0 Å². The first kappa shape index (κ1) is 9.57. The zero-order valence-electron chi connectivity index (χ0n) is 7.71. The van der Waals surface area contributed by atoms with E-state index in [1.807, 2.05) is 6.92 Å². The van der Waals surface area contributed by atoms with Crippen molar-refractivity contribution in [2.24, 2.45) is 0 Å². The first-order valence-corrected chi connectivity index (χ1v) is 4.71. The highest BCUT2D eigenvalue weighted by Gasteiger charge is 2.08. The summed E-state index contributed by atoms with van der Waals surface area (Å²) in [5.41, 5.74) is 0. The van der Waals surface area contributed by atoms with E-state index < -0.39 is 6.10 Å². The monoisotopic (exact) mass is 167 g/mol. The molecule has 0 spiro atoms. The molecule has 1 fully saturated rings. The fraction of sp³-hybridized carbons (Fsp3) is 0.800. The lowest BCUT2D eigenvalue weighted by molar-refractivity contribution is 0.228. The Morgan fingerprint density at radius 1 is 1.42 bits per heavy atom. The standard InChI is InChI=1S/C10H17NO/c1-2-10(12)6-5-9-11-7-3-4-8-11/h10,12H,2-4,7-9H2,1H3. The Morgan fingerprint density at radius 3 is 2.67 bits per heavy atom. The van der Waals surface area contributed by atoms with Gasteiger partial charge in [-0.2, -0.15) is 0 Å². The molecule has 1 aliphatic heterocycles. The van der Waals surface area contributed by atoms with Crippen LogP contribution in [-0.2, 0) is 0 Å². The van der Waals surface area contributed by atoms with E-state index in [1.54, 1.807) is 0 Å². The zero-order valence-corrected chi connectivity index (χ0v) is 7.71. The number of hydrogen-bond donors (Lipinski definition) is 1. The fourth-order valence-corrected chi connectivity index (χ4v) is 1.32. The molecule has 12 heavy (non-hydrogen) atoms. The molecular formula is C10H17NO. The predicted octanol–water partition coefficient (Wildman–Crippen LogP) is 0.857. The topological polar surface area (TPSA) is 23.5 Å². The number of aliphatic hydroxyl groups is 1. The largest absolute Gasteiger partial charge is 0.380 e. The van der Waals surface area contributed by atoms with Crippen molar-refractivity contribution in [2.75, 3.05) is 19.6 Å². The number of nitrogens with zero attached hydrogens (tertiary/aromatic N) is 1. The van der Waals surface area contributed by atoms with Gasteiger partial charge in [0.05, 0.1) is 6.54 Å². The minimum absolute atomic E-state index is 0.424. The van der Waals surface area contributed by atoms with Gasteiger partial charge in [-0.05, 0) is 32.4 Å². The molecule has 2 heteroatoms. The van der Waals surface area contributed by atoms with E-state index in [0.717, 1.165) is 13.0 Å². The molecule has 0 aromatic heterocycles. The van der Waals surface area contributed by atoms with Crippen LogP contribution in [0.3, 0.4) is 0 Å². The molecular weight excluding hydrogens is 150 g/mol. The second-order valence-electron chi connectivity index (χ2n) is 3.23. The predicted molar refractivity (Wildman–Crippen MR) is 49.7 cm³/mol. The highest BCUT2D eigenvalue weighted by Crippen LogP contribution is 2.05. The van der Waals surface area contributed by atoms with Gasteiger partial charge in [-0.1, -0.05) is 18.8 Å². The van der Waals surface area contributed by atoms with Crippen LogP contribution in [0.2, 0.25) is 0 Å². The molecule has 0 bridgehead atoms. The van der Waals surface area contributed by atoms with Crippen molar-refractivity contribution < 1.29 is 5.11 Å². The lowest BCUT2D eigenvalue weighted by Gasteiger charge is -2.08. The van der Waals surface area contributed by atoms with Crippen molar-refractivity contribution in [2.45, 2.75) is 32.3 Å². The van der Waals surface area contributed by atoms with Gasteiger partial charge in [0, 0.05) is 0 Å². The van der Waals surface area contributed by atoms with Crippen LogP contribution in [0.4, 0.5) is 0 Å². The molecule has 1 heterocycles. The van der Waals surface area contributed by atoms with Crippen molar-refractivity contribution in [3.05, 3.63) is 0 Å². The molecule has 0 amide bonds. The van der Waals surface area contributed by atoms with Crippen LogP contribution >= 0.6 is 0 Å². The second-order valence-corrected chi connectivity index (χ2v) is 3.23. The SMILES string of the molecule is CCC(O)C#CCN1CCCC1. The second kappa shape index (κ2) is 5.18. The maximum atomic E-state index is 9.14. The molecule has 1 aliphatic rings. The molecule has 1 N–H and O–H groups in total. The van der Waals surface area contributed by atoms with E-state index in [0.29, 0.717) is 0 Å². The summed E-state index contributed by atoms with van der Waals surface area (Å²) in [7, 11) is 0. The first-order chi connectivity index (χ1) is 5.83. The van der Waals surface area contributed by atoms with Gasteiger partial charge in [-0.3, -0.25) is 4.90 Å². The van der Waals surface area contributed by atoms with Crippen LogP contribution in [-0.4, -0.2) is 35.7 Å². The van der Waals surface area contributed by atoms with Crippen LogP contribution in [0.1, 0.15) is 26.2 Å². The average Bonchev–Trinajstić information content (AvgIpc) is 2.57. The van der Waals surface area contributed by atoms with E-state index in [2.05, 4.69) is 16.7 Å². The summed E-state index contributed by atoms with van der Waals surface area (Å²) in [6.07, 6.45) is 2.91. The molecule has 1 atom stereocenters. The minimum atomic E-state index is -0.424. The van der Waals surface area contributed by atoms with Crippen LogP contribution in [0, 0.1) is 11.8 Å². The maximum absolute atomic E-state index is 9.14. The Balaban J connectivity index is 2.17. The molecule has 0 saturated carbocycles. The third-order valence-electron chi connectivity index (χ3n) is 2.16. The van der Waals surface area contributed by atoms with Gasteiger partial charge in [0.1, 0.15) is 6.10 Å². The summed E-state index contributed by atoms with van der Waals surface area (Å²) < 4.78 is 0. The summed E-state index contributed by atoms with van der Waals surface area (Å²) in [4.78, 5) is 2.33. The van der Waals surface area contributed by atoms with E-state index in [1.165, 1.54) is 25.9 Å². The highest BCUT2D eigenvalue weighted by atomic mass is 16.3. The molecule has 1 rings (SSSR count). The van der Waals surface area contributed by atoms with Crippen LogP contribution in [0.5, 0.6) is 0 Å². The van der Waals surface area contributed by atoms with Crippen molar-refractivity contribution >= 4 is 0 Å². The summed E-state index contributed by atoms with van der Waals surface area (Å²) in [6, 6.07) is 0. The minimum Gasteiger partial charge on any atom is -0.380 e. The van der Waals surface area contributed by atoms with Gasteiger partial charge >= 0.3 is 0 Å². The van der Waals surface area contributed by atoms with Gasteiger partial charge in [0.25, 0.3) is 0 Å². The maximum Gasteiger partial charge on any atom is 0.114 e. The van der Waals surface area contributed by atoms with Gasteiger partial charge in [-0.15, -0.1) is 0 Å². The quantitative estimate of drug-likeness (QED) is 0.616. The van der Waals surface area contributed by atoms with Crippen molar-refractivity contribution in [1.82, 2.24) is 4.90 Å². The van der Waals surface area contributed by atoms with Gasteiger partial charge < -0.3 is 5.11 Å². The number of aliphatic hydroxyl groups excluding tert-OH is 1. The summed E-state index contributed by atoms with van der Waals surface area (Å²) >= 11 is 0. The molecule has 68 valence electrons. The van der Waals surface area contributed by atoms with Crippen molar-refractivity contribution in [3.8, 4) is 11.8 Å². The number of hydrogen-bond acceptors (Lipinski definition) is 2. The Labute approximate surface area is 74.6 Å². The fourth-order valence-electron chi connectivity index (χ4n) is 1.32. The third kappa shape index (κ3) is 3.25. The Bertz CT molecular complexity index is 174. The molecule has 0 aromatic carbocycles. The Kier molecular flexibility index (Phi) is 4.13. The van der Waals surface area contributed by atoms with Crippen molar-refractivity contribution in [3.63, 3.8) is 0 Å². The number of likely N-dealkylation sites (tertiary alicyclic amines) is 1. The van der Waals surface area contributed by atoms with E-state index in [4.69, 9.17) is 5.11 Å². The lowest BCUT2D eigenvalue weighted by atomic mass is 10.3. The Morgan fingerprint density at radius 2 is 2.08 bits per heavy atom. The number of rotatable bonds is 2. The molecule has 0 aromatic rings. The summed E-state index contributed by atoms with van der Waals surface area (Å²) in [6.45, 7) is 5.13. The molecule has 0 radical (unpaired) electrons. The van der Waals surface area contributed by atoms with E-state index >= 15 is 0 Å². The Hall–Kier alpha value is -0.520. The zero-order chi connectivity index (χ0) is 8.81. The first-order valence-electron chi connectivity index (χ1n) is 4.71. The van der Waals surface area contributed by atoms with Gasteiger partial charge in [0.2, 0.25) is 0 Å². The van der Waals surface area contributed by atoms with Crippen molar-refractivity contribution in [1.29, 1.82) is 0 Å². The lowest BCUT2D eigenvalue weighted by Crippen LogP contribution is -2.19.